The van der Waals surface area contributed by atoms with E-state index in [1.165, 1.54) is 19.3 Å². The van der Waals surface area contributed by atoms with Crippen LogP contribution in [-0.4, -0.2) is 8.80 Å². The average molecular weight is 300 g/mol. The topological polar surface area (TPSA) is 0 Å². The van der Waals surface area contributed by atoms with Crippen LogP contribution >= 0.6 is 0 Å². The van der Waals surface area contributed by atoms with Crippen LogP contribution in [0.4, 0.5) is 0 Å². The Morgan fingerprint density at radius 2 is 1.67 bits per heavy atom. The molecule has 0 amide bonds. The van der Waals surface area contributed by atoms with Crippen LogP contribution in [0.25, 0.3) is 0 Å². The van der Waals surface area contributed by atoms with Crippen molar-refractivity contribution in [1.29, 1.82) is 0 Å². The largest absolute Gasteiger partial charge is 0.748 e. The molecule has 106 valence electrons. The van der Waals surface area contributed by atoms with Gasteiger partial charge in [-0.3, -0.25) is 0 Å². The number of unbranched alkanes of at least 4 members (excludes halogenated alkanes) is 1. The fourth-order valence-electron chi connectivity index (χ4n) is 1.73. The summed E-state index contributed by atoms with van der Waals surface area (Å²) in [6.45, 7) is 7.03. The van der Waals surface area contributed by atoms with Gasteiger partial charge in [-0.15, -0.1) is 0 Å². The van der Waals surface area contributed by atoms with Crippen LogP contribution in [0.1, 0.15) is 25.3 Å². The van der Waals surface area contributed by atoms with Gasteiger partial charge in [0, 0.05) is 17.1 Å². The van der Waals surface area contributed by atoms with Gasteiger partial charge < -0.3 is 30.3 Å². The molecule has 0 unspecified atom stereocenters. The van der Waals surface area contributed by atoms with E-state index in [1.807, 2.05) is 30.3 Å². The summed E-state index contributed by atoms with van der Waals surface area (Å²) in [5, 5.41) is 1.63. The van der Waals surface area contributed by atoms with Crippen LogP contribution in [0.15, 0.2) is 48.5 Å². The van der Waals surface area contributed by atoms with Crippen molar-refractivity contribution in [1.82, 2.24) is 0 Å². The summed E-state index contributed by atoms with van der Waals surface area (Å²) in [6, 6.07) is 17.0. The van der Waals surface area contributed by atoms with Crippen molar-refractivity contribution in [3.63, 3.8) is 0 Å². The van der Waals surface area contributed by atoms with E-state index in [0.717, 1.165) is 0 Å². The van der Waals surface area contributed by atoms with E-state index in [2.05, 4.69) is 38.2 Å². The predicted octanol–water partition coefficient (Wildman–Crippen LogP) is 3.84. The normalized spacial score (nSPS) is 9.56. The summed E-state index contributed by atoms with van der Waals surface area (Å²) >= 11 is 0. The molecule has 0 fully saturated rings. The first-order valence-electron chi connectivity index (χ1n) is 6.66. The van der Waals surface area contributed by atoms with Gasteiger partial charge in [0.25, 0.3) is 0 Å². The summed E-state index contributed by atoms with van der Waals surface area (Å²) in [5.41, 5.74) is 1.55. The van der Waals surface area contributed by atoms with E-state index >= 15 is 0 Å². The molecule has 0 heterocycles. The molecule has 0 saturated heterocycles. The Balaban J connectivity index is 0.000000405. The number of hydrogen-bond donors (Lipinski definition) is 0. The second-order valence-corrected chi connectivity index (χ2v) is 7.75. The molecular weight excluding hydrogens is 276 g/mol. The van der Waals surface area contributed by atoms with E-state index in [-0.39, 0.29) is 17.1 Å². The van der Waals surface area contributed by atoms with Crippen LogP contribution in [0.5, 0.6) is 0 Å². The van der Waals surface area contributed by atoms with Crippen molar-refractivity contribution >= 4 is 14.0 Å². The molecule has 0 nitrogen and oxygen atoms in total. The fourth-order valence-corrected chi connectivity index (χ4v) is 2.76. The third-order valence-electron chi connectivity index (χ3n) is 2.88. The van der Waals surface area contributed by atoms with E-state index in [4.69, 9.17) is 0 Å². The smallest absolute Gasteiger partial charge is 0 e. The Morgan fingerprint density at radius 1 is 1.11 bits per heavy atom. The van der Waals surface area contributed by atoms with Crippen molar-refractivity contribution in [3.8, 4) is 0 Å². The van der Waals surface area contributed by atoms with E-state index in [9.17, 15) is 0 Å². The van der Waals surface area contributed by atoms with Crippen LogP contribution in [0.2, 0.25) is 13.1 Å². The Morgan fingerprint density at radius 3 is 2.06 bits per heavy atom. The van der Waals surface area contributed by atoms with Gasteiger partial charge in [-0.2, -0.15) is 17.7 Å². The predicted molar refractivity (Wildman–Crippen MR) is 81.2 cm³/mol. The molecule has 18 heavy (non-hydrogen) atoms. The van der Waals surface area contributed by atoms with Crippen LogP contribution in [0, 0.1) is 0 Å². The maximum absolute atomic E-state index is 2.41. The maximum atomic E-state index is 2.41. The van der Waals surface area contributed by atoms with E-state index < -0.39 is 8.80 Å². The Hall–Kier alpha value is -0.564. The van der Waals surface area contributed by atoms with E-state index in [1.54, 1.807) is 10.8 Å². The molecule has 0 spiro atoms. The van der Waals surface area contributed by atoms with Crippen molar-refractivity contribution in [3.05, 3.63) is 54.1 Å². The van der Waals surface area contributed by atoms with Gasteiger partial charge in [-0.05, 0) is 8.80 Å². The summed E-state index contributed by atoms with van der Waals surface area (Å²) in [5.74, 6) is 0. The summed E-state index contributed by atoms with van der Waals surface area (Å²) in [4.78, 5) is 0. The molecule has 0 aromatic heterocycles. The van der Waals surface area contributed by atoms with Crippen LogP contribution in [0.3, 0.4) is 0 Å². The molecule has 0 radical (unpaired) electrons. The first-order valence-corrected chi connectivity index (χ1v) is 9.55. The minimum Gasteiger partial charge on any atom is -0.748 e. The van der Waals surface area contributed by atoms with Gasteiger partial charge in [-0.25, -0.2) is 11.3 Å². The number of aryl methyl sites for hydroxylation is 1. The fraction of sp³-hybridized carbons (Fsp3) is 0.375. The zero-order valence-corrected chi connectivity index (χ0v) is 13.9. The van der Waals surface area contributed by atoms with Crippen LogP contribution < -0.4 is 5.19 Å². The third-order valence-corrected chi connectivity index (χ3v) is 4.58. The second kappa shape index (κ2) is 10.4. The van der Waals surface area contributed by atoms with Gasteiger partial charge >= 0.3 is 0 Å². The molecule has 0 N–H and O–H groups in total. The molecule has 0 aliphatic rings. The zero-order chi connectivity index (χ0) is 12.5. The molecule has 0 bridgehead atoms. The molecule has 0 saturated carbocycles. The van der Waals surface area contributed by atoms with Crippen LogP contribution in [-0.2, 0) is 23.5 Å². The number of hydrogen-bond acceptors (Lipinski definition) is 0. The molecule has 0 aliphatic heterocycles. The molecule has 0 aliphatic carbocycles. The maximum Gasteiger partial charge on any atom is 0 e. The van der Waals surface area contributed by atoms with Crippen molar-refractivity contribution in [2.75, 3.05) is 0 Å². The van der Waals surface area contributed by atoms with E-state index in [0.29, 0.717) is 0 Å². The molecule has 2 aromatic rings. The van der Waals surface area contributed by atoms with Gasteiger partial charge in [0.05, 0.1) is 0 Å². The quantitative estimate of drug-likeness (QED) is 0.594. The SMILES string of the molecule is CCCC[c-]1ccc([SiH](C)C)c1.[Fe].[cH-]1[cH-][cH-][cH-][cH-]1. The molecule has 2 rings (SSSR count). The molecule has 2 heteroatoms. The van der Waals surface area contributed by atoms with Crippen molar-refractivity contribution in [2.24, 2.45) is 0 Å². The Kier molecular flexibility index (Phi) is 10.0. The molecule has 0 atom stereocenters. The van der Waals surface area contributed by atoms with Gasteiger partial charge in [0.2, 0.25) is 0 Å². The summed E-state index contributed by atoms with van der Waals surface area (Å²) in [7, 11) is -0.542. The van der Waals surface area contributed by atoms with Gasteiger partial charge in [0.1, 0.15) is 0 Å². The van der Waals surface area contributed by atoms with Crippen molar-refractivity contribution < 1.29 is 17.1 Å². The summed E-state index contributed by atoms with van der Waals surface area (Å²) < 4.78 is 0. The second-order valence-electron chi connectivity index (χ2n) is 4.77. The first-order chi connectivity index (χ1) is 8.24. The zero-order valence-electron chi connectivity index (χ0n) is 11.7. The molecular formula is C16H24FeSi-6. The minimum atomic E-state index is -0.542. The Bertz CT molecular complexity index is 356. The third kappa shape index (κ3) is 7.00. The minimum absolute atomic E-state index is 0. The molecule has 2 aromatic carbocycles. The Labute approximate surface area is 124 Å². The monoisotopic (exact) mass is 300 g/mol. The van der Waals surface area contributed by atoms with Crippen molar-refractivity contribution in [2.45, 2.75) is 39.3 Å². The first kappa shape index (κ1) is 17.4. The van der Waals surface area contributed by atoms with Gasteiger partial charge in [-0.1, -0.05) is 39.3 Å². The standard InChI is InChI=1S/C11H19Si.C5H5.Fe/c1-4-5-6-10-7-8-11(9-10)12(2)3;1-2-4-5-3-1;/h7-9,12H,4-6H2,1-3H3;1-5H;/q-1;-5;. The summed E-state index contributed by atoms with van der Waals surface area (Å²) in [6.07, 6.45) is 3.92. The van der Waals surface area contributed by atoms with Gasteiger partial charge in [0.15, 0.2) is 0 Å². The number of rotatable bonds is 4. The average Bonchev–Trinajstić information content (AvgIpc) is 3.00.